The van der Waals surface area contributed by atoms with Crippen molar-refractivity contribution in [1.82, 2.24) is 10.6 Å². The summed E-state index contributed by atoms with van der Waals surface area (Å²) in [5.74, 6) is 0. The number of carbonyl (C=O) groups is 2. The Morgan fingerprint density at radius 1 is 0.667 bits per heavy atom. The second-order valence-electron chi connectivity index (χ2n) is 7.08. The smallest absolute Gasteiger partial charge is 0.319 e. The van der Waals surface area contributed by atoms with Crippen molar-refractivity contribution < 1.29 is 9.59 Å². The molecule has 0 spiro atoms. The maximum Gasteiger partial charge on any atom is 0.319 e. The van der Waals surface area contributed by atoms with E-state index in [0.717, 1.165) is 28.9 Å². The Hall–Kier alpha value is -3.02. The van der Waals surface area contributed by atoms with Gasteiger partial charge in [0, 0.05) is 23.5 Å². The summed E-state index contributed by atoms with van der Waals surface area (Å²) in [6.45, 7) is 7.67. The zero-order chi connectivity index (χ0) is 19.8. The van der Waals surface area contributed by atoms with Gasteiger partial charge in [-0.25, -0.2) is 9.59 Å². The molecule has 0 aromatic heterocycles. The molecule has 0 heterocycles. The fourth-order valence-electron chi connectivity index (χ4n) is 2.51. The number of benzene rings is 2. The Morgan fingerprint density at radius 2 is 1.00 bits per heavy atom. The van der Waals surface area contributed by atoms with Crippen LogP contribution in [0.4, 0.5) is 21.0 Å². The number of amides is 4. The summed E-state index contributed by atoms with van der Waals surface area (Å²) in [4.78, 5) is 23.4. The summed E-state index contributed by atoms with van der Waals surface area (Å²) >= 11 is 0. The van der Waals surface area contributed by atoms with Gasteiger partial charge in [0.25, 0.3) is 0 Å². The van der Waals surface area contributed by atoms with Gasteiger partial charge in [0.1, 0.15) is 0 Å². The van der Waals surface area contributed by atoms with Crippen molar-refractivity contribution in [3.8, 4) is 0 Å². The lowest BCUT2D eigenvalue weighted by atomic mass is 10.0. The van der Waals surface area contributed by atoms with E-state index in [-0.39, 0.29) is 24.1 Å². The Balaban J connectivity index is 1.89. The van der Waals surface area contributed by atoms with Gasteiger partial charge < -0.3 is 21.3 Å². The monoisotopic (exact) mass is 368 g/mol. The minimum atomic E-state index is -0.206. The predicted molar refractivity (Wildman–Crippen MR) is 110 cm³/mol. The molecule has 27 heavy (non-hydrogen) atoms. The first-order valence-electron chi connectivity index (χ1n) is 9.14. The third-order valence-electron chi connectivity index (χ3n) is 3.67. The van der Waals surface area contributed by atoms with Crippen LogP contribution in [0.1, 0.15) is 38.8 Å². The maximum absolute atomic E-state index is 11.7. The van der Waals surface area contributed by atoms with E-state index in [0.29, 0.717) is 0 Å². The SMILES string of the molecule is CC(C)NC(=O)Nc1ccc(Cc2ccc(NC(=O)NC(C)C)cc2)cc1. The highest BCUT2D eigenvalue weighted by Gasteiger charge is 2.05. The van der Waals surface area contributed by atoms with E-state index in [4.69, 9.17) is 0 Å². The van der Waals surface area contributed by atoms with E-state index in [1.54, 1.807) is 0 Å². The molecule has 0 radical (unpaired) electrons. The second kappa shape index (κ2) is 9.62. The van der Waals surface area contributed by atoms with Crippen molar-refractivity contribution in [2.75, 3.05) is 10.6 Å². The van der Waals surface area contributed by atoms with E-state index >= 15 is 0 Å². The Morgan fingerprint density at radius 3 is 1.30 bits per heavy atom. The average Bonchev–Trinajstić information content (AvgIpc) is 2.57. The van der Waals surface area contributed by atoms with Crippen LogP contribution in [0.2, 0.25) is 0 Å². The van der Waals surface area contributed by atoms with Gasteiger partial charge in [-0.3, -0.25) is 0 Å². The molecule has 0 bridgehead atoms. The fourth-order valence-corrected chi connectivity index (χ4v) is 2.51. The predicted octanol–water partition coefficient (Wildman–Crippen LogP) is 4.34. The van der Waals surface area contributed by atoms with E-state index < -0.39 is 0 Å². The van der Waals surface area contributed by atoms with Gasteiger partial charge in [0.15, 0.2) is 0 Å². The van der Waals surface area contributed by atoms with E-state index in [2.05, 4.69) is 21.3 Å². The third kappa shape index (κ3) is 7.40. The topological polar surface area (TPSA) is 82.3 Å². The van der Waals surface area contributed by atoms with Crippen LogP contribution in [0, 0.1) is 0 Å². The fraction of sp³-hybridized carbons (Fsp3) is 0.333. The molecular formula is C21H28N4O2. The Labute approximate surface area is 160 Å². The zero-order valence-corrected chi connectivity index (χ0v) is 16.3. The van der Waals surface area contributed by atoms with Gasteiger partial charge >= 0.3 is 12.1 Å². The van der Waals surface area contributed by atoms with Crippen molar-refractivity contribution in [3.05, 3.63) is 59.7 Å². The van der Waals surface area contributed by atoms with Crippen LogP contribution in [0.5, 0.6) is 0 Å². The molecule has 4 amide bonds. The second-order valence-corrected chi connectivity index (χ2v) is 7.08. The lowest BCUT2D eigenvalue weighted by molar-refractivity contribution is 0.249. The van der Waals surface area contributed by atoms with Crippen LogP contribution in [0.15, 0.2) is 48.5 Å². The van der Waals surface area contributed by atoms with E-state index in [9.17, 15) is 9.59 Å². The molecule has 4 N–H and O–H groups in total. The van der Waals surface area contributed by atoms with Crippen LogP contribution in [0.25, 0.3) is 0 Å². The molecule has 144 valence electrons. The molecule has 0 aliphatic rings. The highest BCUT2D eigenvalue weighted by Crippen LogP contribution is 2.16. The first-order valence-corrected chi connectivity index (χ1v) is 9.14. The number of nitrogens with one attached hydrogen (secondary N) is 4. The lowest BCUT2D eigenvalue weighted by Crippen LogP contribution is -2.34. The minimum Gasteiger partial charge on any atom is -0.336 e. The maximum atomic E-state index is 11.7. The van der Waals surface area contributed by atoms with Crippen molar-refractivity contribution in [2.45, 2.75) is 46.2 Å². The van der Waals surface area contributed by atoms with Crippen LogP contribution >= 0.6 is 0 Å². The highest BCUT2D eigenvalue weighted by atomic mass is 16.2. The summed E-state index contributed by atoms with van der Waals surface area (Å²) in [5.41, 5.74) is 3.80. The molecule has 0 fully saturated rings. The molecule has 6 heteroatoms. The molecule has 0 unspecified atom stereocenters. The molecular weight excluding hydrogens is 340 g/mol. The van der Waals surface area contributed by atoms with Gasteiger partial charge in [-0.05, 0) is 69.5 Å². The molecule has 0 saturated heterocycles. The summed E-state index contributed by atoms with van der Waals surface area (Å²) in [7, 11) is 0. The molecule has 0 aliphatic heterocycles. The summed E-state index contributed by atoms with van der Waals surface area (Å²) in [6.07, 6.45) is 0.775. The Bertz CT molecular complexity index is 687. The first kappa shape index (κ1) is 20.3. The molecule has 0 atom stereocenters. The van der Waals surface area contributed by atoms with E-state index in [1.807, 2.05) is 76.2 Å². The largest absolute Gasteiger partial charge is 0.336 e. The molecule has 2 aromatic rings. The Kier molecular flexibility index (Phi) is 7.23. The normalized spacial score (nSPS) is 10.6. The van der Waals surface area contributed by atoms with Gasteiger partial charge in [0.05, 0.1) is 0 Å². The van der Waals surface area contributed by atoms with Crippen LogP contribution < -0.4 is 21.3 Å². The number of rotatable bonds is 6. The molecule has 6 nitrogen and oxygen atoms in total. The quantitative estimate of drug-likeness (QED) is 0.612. The van der Waals surface area contributed by atoms with Crippen molar-refractivity contribution in [3.63, 3.8) is 0 Å². The van der Waals surface area contributed by atoms with Gasteiger partial charge in [-0.1, -0.05) is 24.3 Å². The molecule has 0 saturated carbocycles. The van der Waals surface area contributed by atoms with Crippen molar-refractivity contribution >= 4 is 23.4 Å². The average molecular weight is 368 g/mol. The molecule has 2 rings (SSSR count). The summed E-state index contributed by atoms with van der Waals surface area (Å²) < 4.78 is 0. The van der Waals surface area contributed by atoms with Crippen molar-refractivity contribution in [1.29, 1.82) is 0 Å². The van der Waals surface area contributed by atoms with Crippen molar-refractivity contribution in [2.24, 2.45) is 0 Å². The zero-order valence-electron chi connectivity index (χ0n) is 16.3. The van der Waals surface area contributed by atoms with Crippen LogP contribution in [0.3, 0.4) is 0 Å². The number of hydrogen-bond acceptors (Lipinski definition) is 2. The number of hydrogen-bond donors (Lipinski definition) is 4. The first-order chi connectivity index (χ1) is 12.8. The third-order valence-corrected chi connectivity index (χ3v) is 3.67. The summed E-state index contributed by atoms with van der Waals surface area (Å²) in [5, 5.41) is 11.2. The van der Waals surface area contributed by atoms with Crippen LogP contribution in [-0.2, 0) is 6.42 Å². The highest BCUT2D eigenvalue weighted by molar-refractivity contribution is 5.89. The minimum absolute atomic E-state index is 0.0955. The van der Waals surface area contributed by atoms with Crippen LogP contribution in [-0.4, -0.2) is 24.1 Å². The lowest BCUT2D eigenvalue weighted by Gasteiger charge is -2.11. The number of carbonyl (C=O) groups excluding carboxylic acids is 2. The summed E-state index contributed by atoms with van der Waals surface area (Å²) in [6, 6.07) is 15.3. The van der Waals surface area contributed by atoms with Gasteiger partial charge in [0.2, 0.25) is 0 Å². The van der Waals surface area contributed by atoms with E-state index in [1.165, 1.54) is 0 Å². The standard InChI is InChI=1S/C21H28N4O2/c1-14(2)22-20(26)24-18-9-5-16(6-10-18)13-17-7-11-19(12-8-17)25-21(27)23-15(3)4/h5-12,14-15H,13H2,1-4H3,(H2,22,24,26)(H2,23,25,27). The number of urea groups is 2. The molecule has 0 aliphatic carbocycles. The van der Waals surface area contributed by atoms with Gasteiger partial charge in [-0.2, -0.15) is 0 Å². The number of anilines is 2. The molecule has 2 aromatic carbocycles. The van der Waals surface area contributed by atoms with Gasteiger partial charge in [-0.15, -0.1) is 0 Å².